The molecule has 4 nitrogen and oxygen atoms in total. The van der Waals surface area contributed by atoms with Gasteiger partial charge in [-0.25, -0.2) is 4.79 Å². The number of ketones is 1. The Kier molecular flexibility index (Phi) is 15.8. The average molecular weight is 383 g/mol. The Bertz CT molecular complexity index is 516. The summed E-state index contributed by atoms with van der Waals surface area (Å²) in [7, 11) is 3.70. The van der Waals surface area contributed by atoms with Crippen molar-refractivity contribution >= 4 is 33.0 Å². The van der Waals surface area contributed by atoms with Crippen molar-refractivity contribution in [3.05, 3.63) is 0 Å². The molecule has 0 saturated heterocycles. The molecule has 6 heteroatoms. The smallest absolute Gasteiger partial charge is 0.387 e. The zero-order valence-corrected chi connectivity index (χ0v) is 17.5. The van der Waals surface area contributed by atoms with Crippen LogP contribution >= 0.6 is 21.2 Å². The summed E-state index contributed by atoms with van der Waals surface area (Å²) in [5.74, 6) is 12.2. The van der Waals surface area contributed by atoms with Gasteiger partial charge in [-0.3, -0.25) is 4.79 Å². The highest BCUT2D eigenvalue weighted by molar-refractivity contribution is 7.99. The van der Waals surface area contributed by atoms with Gasteiger partial charge in [0.25, 0.3) is 0 Å². The van der Waals surface area contributed by atoms with Crippen molar-refractivity contribution in [3.63, 3.8) is 0 Å². The first-order valence-electron chi connectivity index (χ1n) is 8.72. The SMILES string of the molecule is CCCCC(C)CC(=O)C(CCSCCC#CC#CC(=O)OP)NC. The molecule has 0 rings (SSSR count). The van der Waals surface area contributed by atoms with Crippen LogP contribution in [0.4, 0.5) is 0 Å². The highest BCUT2D eigenvalue weighted by atomic mass is 32.2. The number of hydrogen-bond acceptors (Lipinski definition) is 5. The van der Waals surface area contributed by atoms with Gasteiger partial charge in [-0.05, 0) is 37.0 Å². The van der Waals surface area contributed by atoms with E-state index in [-0.39, 0.29) is 6.04 Å². The van der Waals surface area contributed by atoms with Gasteiger partial charge in [-0.2, -0.15) is 11.8 Å². The average Bonchev–Trinajstić information content (AvgIpc) is 2.61. The molecule has 0 spiro atoms. The molecule has 0 bridgehead atoms. The van der Waals surface area contributed by atoms with Gasteiger partial charge in [0.05, 0.1) is 15.5 Å². The minimum Gasteiger partial charge on any atom is -0.442 e. The maximum absolute atomic E-state index is 12.3. The molecule has 25 heavy (non-hydrogen) atoms. The second kappa shape index (κ2) is 16.5. The zero-order chi connectivity index (χ0) is 18.9. The minimum absolute atomic E-state index is 0.0496. The summed E-state index contributed by atoms with van der Waals surface area (Å²) in [5.41, 5.74) is 0. The van der Waals surface area contributed by atoms with Gasteiger partial charge in [0, 0.05) is 24.5 Å². The minimum atomic E-state index is -0.611. The molecule has 0 heterocycles. The van der Waals surface area contributed by atoms with Crippen LogP contribution in [0.25, 0.3) is 0 Å². The third-order valence-electron chi connectivity index (χ3n) is 3.68. The molecule has 0 saturated carbocycles. The Balaban J connectivity index is 3.93. The Morgan fingerprint density at radius 3 is 2.64 bits per heavy atom. The van der Waals surface area contributed by atoms with Crippen molar-refractivity contribution in [2.45, 2.75) is 58.4 Å². The molecule has 0 aromatic rings. The topological polar surface area (TPSA) is 55.4 Å². The lowest BCUT2D eigenvalue weighted by atomic mass is 9.95. The van der Waals surface area contributed by atoms with E-state index in [4.69, 9.17) is 0 Å². The van der Waals surface area contributed by atoms with Gasteiger partial charge in [0.2, 0.25) is 0 Å². The van der Waals surface area contributed by atoms with Crippen LogP contribution in [-0.4, -0.2) is 36.3 Å². The van der Waals surface area contributed by atoms with E-state index in [2.05, 4.69) is 47.4 Å². The van der Waals surface area contributed by atoms with Crippen LogP contribution in [-0.2, 0) is 14.1 Å². The van der Waals surface area contributed by atoms with Crippen molar-refractivity contribution < 1.29 is 14.1 Å². The standard InChI is InChI=1S/C19H30NO3PS/c1-4-5-10-16(2)15-18(21)17(20-3)12-14-25-13-9-7-6-8-11-19(22)23-24/h16-17,20H,4-5,9-10,12-15,24H2,1-3H3. The first kappa shape index (κ1) is 24.0. The number of carbonyl (C=O) groups excluding carboxylic acids is 2. The van der Waals surface area contributed by atoms with Gasteiger partial charge in [-0.15, -0.1) is 0 Å². The molecule has 3 atom stereocenters. The summed E-state index contributed by atoms with van der Waals surface area (Å²) in [6, 6.07) is -0.0496. The number of carbonyl (C=O) groups is 2. The Morgan fingerprint density at radius 2 is 2.00 bits per heavy atom. The molecular formula is C19H30NO3PS. The second-order valence-corrected chi connectivity index (χ2v) is 7.33. The number of thioether (sulfide) groups is 1. The maximum atomic E-state index is 12.3. The van der Waals surface area contributed by atoms with Crippen molar-refractivity contribution in [2.24, 2.45) is 5.92 Å². The van der Waals surface area contributed by atoms with E-state index >= 15 is 0 Å². The van der Waals surface area contributed by atoms with E-state index in [1.165, 1.54) is 12.8 Å². The Hall–Kier alpha value is -1.00. The van der Waals surface area contributed by atoms with Crippen molar-refractivity contribution in [2.75, 3.05) is 18.6 Å². The van der Waals surface area contributed by atoms with E-state index < -0.39 is 5.97 Å². The summed E-state index contributed by atoms with van der Waals surface area (Å²) >= 11 is 1.78. The summed E-state index contributed by atoms with van der Waals surface area (Å²) in [6.07, 6.45) is 5.72. The van der Waals surface area contributed by atoms with Crippen LogP contribution in [0.15, 0.2) is 0 Å². The van der Waals surface area contributed by atoms with E-state index in [9.17, 15) is 9.59 Å². The first-order valence-corrected chi connectivity index (χ1v) is 10.3. The van der Waals surface area contributed by atoms with Crippen LogP contribution < -0.4 is 5.32 Å². The second-order valence-electron chi connectivity index (χ2n) is 5.87. The van der Waals surface area contributed by atoms with Gasteiger partial charge in [0.15, 0.2) is 0 Å². The zero-order valence-electron chi connectivity index (χ0n) is 15.5. The fraction of sp³-hybridized carbons (Fsp3) is 0.684. The molecule has 0 aliphatic heterocycles. The maximum Gasteiger partial charge on any atom is 0.387 e. The van der Waals surface area contributed by atoms with Crippen LogP contribution in [0, 0.1) is 29.6 Å². The number of rotatable bonds is 12. The van der Waals surface area contributed by atoms with Gasteiger partial charge >= 0.3 is 5.97 Å². The fourth-order valence-electron chi connectivity index (χ4n) is 2.25. The van der Waals surface area contributed by atoms with Crippen LogP contribution in [0.2, 0.25) is 0 Å². The molecule has 140 valence electrons. The molecule has 1 N–H and O–H groups in total. The molecule has 0 amide bonds. The molecule has 0 aromatic carbocycles. The number of hydrogen-bond donors (Lipinski definition) is 1. The molecule has 0 radical (unpaired) electrons. The molecular weight excluding hydrogens is 353 g/mol. The van der Waals surface area contributed by atoms with Gasteiger partial charge in [0.1, 0.15) is 5.78 Å². The summed E-state index contributed by atoms with van der Waals surface area (Å²) in [5, 5.41) is 3.14. The molecule has 0 aromatic heterocycles. The van der Waals surface area contributed by atoms with Crippen LogP contribution in [0.3, 0.4) is 0 Å². The lowest BCUT2D eigenvalue weighted by molar-refractivity contribution is -0.127. The quantitative estimate of drug-likeness (QED) is 0.319. The fourth-order valence-corrected chi connectivity index (χ4v) is 3.16. The summed E-state index contributed by atoms with van der Waals surface area (Å²) in [4.78, 5) is 23.0. The van der Waals surface area contributed by atoms with Gasteiger partial charge < -0.3 is 9.84 Å². The monoisotopic (exact) mass is 383 g/mol. The van der Waals surface area contributed by atoms with E-state index in [0.29, 0.717) is 24.5 Å². The molecule has 0 aliphatic rings. The lowest BCUT2D eigenvalue weighted by Crippen LogP contribution is -2.35. The Labute approximate surface area is 159 Å². The molecule has 3 unspecified atom stereocenters. The number of nitrogens with one attached hydrogen (secondary N) is 1. The molecule has 0 aliphatic carbocycles. The summed E-state index contributed by atoms with van der Waals surface area (Å²) < 4.78 is 4.30. The first-order chi connectivity index (χ1) is 12.0. The highest BCUT2D eigenvalue weighted by Crippen LogP contribution is 2.15. The largest absolute Gasteiger partial charge is 0.442 e. The number of unbranched alkanes of at least 4 members (excludes halogenated alkanes) is 1. The lowest BCUT2D eigenvalue weighted by Gasteiger charge is -2.17. The summed E-state index contributed by atoms with van der Waals surface area (Å²) in [6.45, 7) is 4.34. The molecule has 0 fully saturated rings. The van der Waals surface area contributed by atoms with Crippen molar-refractivity contribution in [3.8, 4) is 23.7 Å². The number of Topliss-reactive ketones (excluding diaryl/α,β-unsaturated/α-hetero) is 1. The Morgan fingerprint density at radius 1 is 1.24 bits per heavy atom. The van der Waals surface area contributed by atoms with Crippen molar-refractivity contribution in [1.82, 2.24) is 5.32 Å². The highest BCUT2D eigenvalue weighted by Gasteiger charge is 2.18. The van der Waals surface area contributed by atoms with Crippen LogP contribution in [0.5, 0.6) is 0 Å². The van der Waals surface area contributed by atoms with E-state index in [0.717, 1.165) is 24.3 Å². The van der Waals surface area contributed by atoms with Crippen molar-refractivity contribution in [1.29, 1.82) is 0 Å². The van der Waals surface area contributed by atoms with E-state index in [1.54, 1.807) is 11.8 Å². The third kappa shape index (κ3) is 13.9. The van der Waals surface area contributed by atoms with Gasteiger partial charge in [-0.1, -0.05) is 39.0 Å². The predicted molar refractivity (Wildman–Crippen MR) is 109 cm³/mol. The van der Waals surface area contributed by atoms with E-state index in [1.807, 2.05) is 16.5 Å². The third-order valence-corrected chi connectivity index (χ3v) is 4.91. The normalized spacial score (nSPS) is 12.2. The van der Waals surface area contributed by atoms with Crippen LogP contribution in [0.1, 0.15) is 52.4 Å². The number of likely N-dealkylation sites (N-methyl/N-ethyl adjacent to an activating group) is 1. The predicted octanol–water partition coefficient (Wildman–Crippen LogP) is 3.21.